The van der Waals surface area contributed by atoms with E-state index in [1.54, 1.807) is 12.1 Å². The zero-order valence-corrected chi connectivity index (χ0v) is 11.4. The molecule has 0 aliphatic carbocycles. The van der Waals surface area contributed by atoms with Gasteiger partial charge in [0.2, 0.25) is 0 Å². The van der Waals surface area contributed by atoms with Crippen LogP contribution >= 0.6 is 11.6 Å². The van der Waals surface area contributed by atoms with Crippen LogP contribution in [0.2, 0.25) is 5.02 Å². The molecule has 0 spiro atoms. The lowest BCUT2D eigenvalue weighted by molar-refractivity contribution is 0.632. The fraction of sp³-hybridized carbons (Fsp3) is 0.231. The number of hydrogen-bond acceptors (Lipinski definition) is 4. The van der Waals surface area contributed by atoms with E-state index in [0.717, 1.165) is 12.1 Å². The minimum atomic E-state index is -0.421. The summed E-state index contributed by atoms with van der Waals surface area (Å²) in [6.45, 7) is 4.58. The van der Waals surface area contributed by atoms with Gasteiger partial charge in [-0.15, -0.1) is 0 Å². The molecule has 0 atom stereocenters. The molecule has 0 fully saturated rings. The Morgan fingerprint density at radius 1 is 1.26 bits per heavy atom. The van der Waals surface area contributed by atoms with E-state index in [9.17, 15) is 4.39 Å². The Hall–Kier alpha value is -1.88. The number of nitrogens with zero attached hydrogens (tertiary/aromatic N) is 2. The van der Waals surface area contributed by atoms with Crippen LogP contribution in [0.3, 0.4) is 0 Å². The average molecular weight is 281 g/mol. The number of halogens is 2. The molecule has 0 bridgehead atoms. The molecule has 1 aromatic heterocycles. The highest BCUT2D eigenvalue weighted by molar-refractivity contribution is 6.33. The van der Waals surface area contributed by atoms with E-state index >= 15 is 0 Å². The molecule has 2 aromatic rings. The predicted molar refractivity (Wildman–Crippen MR) is 75.6 cm³/mol. The van der Waals surface area contributed by atoms with Crippen molar-refractivity contribution in [3.05, 3.63) is 40.9 Å². The molecule has 2 N–H and O–H groups in total. The van der Waals surface area contributed by atoms with Gasteiger partial charge in [-0.05, 0) is 26.0 Å². The predicted octanol–water partition coefficient (Wildman–Crippen LogP) is 3.75. The van der Waals surface area contributed by atoms with Crippen LogP contribution < -0.4 is 10.6 Å². The Morgan fingerprint density at radius 3 is 2.68 bits per heavy atom. The summed E-state index contributed by atoms with van der Waals surface area (Å²) in [6, 6.07) is 4.52. The summed E-state index contributed by atoms with van der Waals surface area (Å²) in [7, 11) is 0. The molecule has 0 saturated heterocycles. The van der Waals surface area contributed by atoms with Gasteiger partial charge < -0.3 is 10.6 Å². The topological polar surface area (TPSA) is 49.8 Å². The Kier molecular flexibility index (Phi) is 4.16. The first-order chi connectivity index (χ1) is 9.13. The summed E-state index contributed by atoms with van der Waals surface area (Å²) in [6.07, 6.45) is 1.42. The molecule has 0 saturated carbocycles. The molecule has 6 heteroatoms. The Morgan fingerprint density at radius 2 is 2.00 bits per heavy atom. The van der Waals surface area contributed by atoms with Crippen molar-refractivity contribution in [2.45, 2.75) is 13.8 Å². The normalized spacial score (nSPS) is 10.3. The largest absolute Gasteiger partial charge is 0.370 e. The number of hydrogen-bond donors (Lipinski definition) is 2. The van der Waals surface area contributed by atoms with Crippen molar-refractivity contribution in [3.8, 4) is 0 Å². The van der Waals surface area contributed by atoms with Gasteiger partial charge in [0, 0.05) is 12.1 Å². The maximum Gasteiger partial charge on any atom is 0.148 e. The molecule has 0 amide bonds. The Labute approximate surface area is 116 Å². The zero-order valence-electron chi connectivity index (χ0n) is 10.7. The van der Waals surface area contributed by atoms with Crippen LogP contribution in [0.5, 0.6) is 0 Å². The summed E-state index contributed by atoms with van der Waals surface area (Å²) in [4.78, 5) is 8.24. The maximum atomic E-state index is 13.7. The van der Waals surface area contributed by atoms with Gasteiger partial charge >= 0.3 is 0 Å². The summed E-state index contributed by atoms with van der Waals surface area (Å²) in [5.74, 6) is 0.820. The summed E-state index contributed by atoms with van der Waals surface area (Å²) in [5, 5.41) is 6.33. The molecule has 0 radical (unpaired) electrons. The average Bonchev–Trinajstić information content (AvgIpc) is 2.38. The number of para-hydroxylation sites is 1. The zero-order chi connectivity index (χ0) is 13.8. The van der Waals surface area contributed by atoms with Gasteiger partial charge in [0.1, 0.15) is 23.8 Å². The van der Waals surface area contributed by atoms with Crippen LogP contribution in [0.4, 0.5) is 21.7 Å². The highest BCUT2D eigenvalue weighted by Crippen LogP contribution is 2.29. The number of rotatable bonds is 4. The van der Waals surface area contributed by atoms with Gasteiger partial charge in [0.25, 0.3) is 0 Å². The van der Waals surface area contributed by atoms with Crippen molar-refractivity contribution in [2.75, 3.05) is 17.2 Å². The molecule has 1 aromatic carbocycles. The van der Waals surface area contributed by atoms with Crippen LogP contribution in [0.25, 0.3) is 0 Å². The first-order valence-electron chi connectivity index (χ1n) is 5.90. The SMILES string of the molecule is CCNc1ncnc(Nc2c(F)cccc2Cl)c1C. The lowest BCUT2D eigenvalue weighted by atomic mass is 10.2. The van der Waals surface area contributed by atoms with Gasteiger partial charge in [-0.2, -0.15) is 0 Å². The lowest BCUT2D eigenvalue weighted by Crippen LogP contribution is -2.06. The minimum Gasteiger partial charge on any atom is -0.370 e. The van der Waals surface area contributed by atoms with E-state index in [2.05, 4.69) is 20.6 Å². The number of anilines is 3. The van der Waals surface area contributed by atoms with Crippen LogP contribution in [0.15, 0.2) is 24.5 Å². The van der Waals surface area contributed by atoms with E-state index in [0.29, 0.717) is 16.7 Å². The van der Waals surface area contributed by atoms with Crippen LogP contribution in [0, 0.1) is 12.7 Å². The van der Waals surface area contributed by atoms with Crippen molar-refractivity contribution in [1.29, 1.82) is 0 Å². The van der Waals surface area contributed by atoms with E-state index in [1.807, 2.05) is 13.8 Å². The van der Waals surface area contributed by atoms with Crippen molar-refractivity contribution in [2.24, 2.45) is 0 Å². The van der Waals surface area contributed by atoms with Crippen molar-refractivity contribution >= 4 is 28.9 Å². The summed E-state index contributed by atoms with van der Waals surface area (Å²) < 4.78 is 13.7. The highest BCUT2D eigenvalue weighted by atomic mass is 35.5. The first kappa shape index (κ1) is 13.5. The van der Waals surface area contributed by atoms with Gasteiger partial charge in [0.05, 0.1) is 10.7 Å². The van der Waals surface area contributed by atoms with Gasteiger partial charge in [-0.25, -0.2) is 14.4 Å². The smallest absolute Gasteiger partial charge is 0.148 e. The third-order valence-corrected chi connectivity index (χ3v) is 2.95. The highest BCUT2D eigenvalue weighted by Gasteiger charge is 2.11. The molecule has 100 valence electrons. The molecule has 0 unspecified atom stereocenters. The van der Waals surface area contributed by atoms with E-state index in [4.69, 9.17) is 11.6 Å². The molecule has 0 aliphatic heterocycles. The van der Waals surface area contributed by atoms with Gasteiger partial charge in [0.15, 0.2) is 0 Å². The quantitative estimate of drug-likeness (QED) is 0.895. The molecule has 4 nitrogen and oxygen atoms in total. The van der Waals surface area contributed by atoms with E-state index in [1.165, 1.54) is 12.4 Å². The van der Waals surface area contributed by atoms with Crippen LogP contribution in [-0.2, 0) is 0 Å². The maximum absolute atomic E-state index is 13.7. The second-order valence-corrected chi connectivity index (χ2v) is 4.36. The molecular formula is C13H14ClFN4. The van der Waals surface area contributed by atoms with Crippen molar-refractivity contribution < 1.29 is 4.39 Å². The third-order valence-electron chi connectivity index (χ3n) is 2.63. The third kappa shape index (κ3) is 2.93. The van der Waals surface area contributed by atoms with Gasteiger partial charge in [-0.3, -0.25) is 0 Å². The molecular weight excluding hydrogens is 267 g/mol. The second-order valence-electron chi connectivity index (χ2n) is 3.95. The first-order valence-corrected chi connectivity index (χ1v) is 6.27. The minimum absolute atomic E-state index is 0.216. The van der Waals surface area contributed by atoms with Crippen LogP contribution in [-0.4, -0.2) is 16.5 Å². The fourth-order valence-corrected chi connectivity index (χ4v) is 1.87. The molecule has 1 heterocycles. The van der Waals surface area contributed by atoms with E-state index < -0.39 is 5.82 Å². The van der Waals surface area contributed by atoms with Gasteiger partial charge in [-0.1, -0.05) is 17.7 Å². The number of aromatic nitrogens is 2. The second kappa shape index (κ2) is 5.84. The summed E-state index contributed by atoms with van der Waals surface area (Å²) in [5.41, 5.74) is 1.03. The van der Waals surface area contributed by atoms with Crippen molar-refractivity contribution in [1.82, 2.24) is 9.97 Å². The number of benzene rings is 1. The van der Waals surface area contributed by atoms with Crippen LogP contribution in [0.1, 0.15) is 12.5 Å². The Balaban J connectivity index is 2.36. The fourth-order valence-electron chi connectivity index (χ4n) is 1.66. The molecule has 0 aliphatic rings. The van der Waals surface area contributed by atoms with E-state index in [-0.39, 0.29) is 5.69 Å². The standard InChI is InChI=1S/C13H14ClFN4/c1-3-16-12-8(2)13(18-7-17-12)19-11-9(14)5-4-6-10(11)15/h4-7H,3H2,1-2H3,(H2,16,17,18,19). The monoisotopic (exact) mass is 280 g/mol. The lowest BCUT2D eigenvalue weighted by Gasteiger charge is -2.13. The molecule has 19 heavy (non-hydrogen) atoms. The van der Waals surface area contributed by atoms with Crippen molar-refractivity contribution in [3.63, 3.8) is 0 Å². The Bertz CT molecular complexity index is 569. The molecule has 2 rings (SSSR count). The summed E-state index contributed by atoms with van der Waals surface area (Å²) >= 11 is 5.97. The number of nitrogens with one attached hydrogen (secondary N) is 2.